The van der Waals surface area contributed by atoms with Crippen molar-refractivity contribution >= 4 is 11.3 Å². The molecule has 90 valence electrons. The summed E-state index contributed by atoms with van der Waals surface area (Å²) in [6.07, 6.45) is 7.09. The molecule has 1 fully saturated rings. The summed E-state index contributed by atoms with van der Waals surface area (Å²) < 4.78 is 5.80. The summed E-state index contributed by atoms with van der Waals surface area (Å²) in [5.74, 6) is 0. The van der Waals surface area contributed by atoms with E-state index in [9.17, 15) is 0 Å². The van der Waals surface area contributed by atoms with E-state index in [-0.39, 0.29) is 6.10 Å². The second-order valence-corrected chi connectivity index (χ2v) is 5.25. The van der Waals surface area contributed by atoms with Crippen LogP contribution in [0.4, 0.5) is 0 Å². The minimum absolute atomic E-state index is 0.142. The molecule has 2 atom stereocenters. The van der Waals surface area contributed by atoms with Gasteiger partial charge in [-0.15, -0.1) is 11.3 Å². The first-order valence-corrected chi connectivity index (χ1v) is 6.98. The van der Waals surface area contributed by atoms with Crippen molar-refractivity contribution in [3.8, 4) is 0 Å². The number of aromatic nitrogens is 1. The van der Waals surface area contributed by atoms with E-state index in [1.165, 1.54) is 25.8 Å². The van der Waals surface area contributed by atoms with Gasteiger partial charge < -0.3 is 10.1 Å². The number of nitrogens with one attached hydrogen (secondary N) is 1. The lowest BCUT2D eigenvalue weighted by Crippen LogP contribution is -2.34. The largest absolute Gasteiger partial charge is 0.371 e. The highest BCUT2D eigenvalue weighted by molar-refractivity contribution is 7.09. The van der Waals surface area contributed by atoms with Gasteiger partial charge in [-0.1, -0.05) is 6.42 Å². The topological polar surface area (TPSA) is 34.1 Å². The average Bonchev–Trinajstić information content (AvgIpc) is 2.84. The predicted molar refractivity (Wildman–Crippen MR) is 66.7 cm³/mol. The average molecular weight is 240 g/mol. The molecular weight excluding hydrogens is 220 g/mol. The molecule has 1 aromatic heterocycles. The van der Waals surface area contributed by atoms with Gasteiger partial charge in [-0.25, -0.2) is 4.98 Å². The maximum Gasteiger partial charge on any atom is 0.121 e. The first-order valence-electron chi connectivity index (χ1n) is 6.10. The number of ether oxygens (including phenoxy) is 1. The Labute approximate surface area is 101 Å². The van der Waals surface area contributed by atoms with Crippen LogP contribution in [0.15, 0.2) is 11.6 Å². The van der Waals surface area contributed by atoms with Crippen LogP contribution in [-0.2, 0) is 4.74 Å². The van der Waals surface area contributed by atoms with Crippen LogP contribution in [0.1, 0.15) is 43.7 Å². The number of thiazole rings is 1. The van der Waals surface area contributed by atoms with Gasteiger partial charge in [0.2, 0.25) is 0 Å². The third kappa shape index (κ3) is 3.54. The lowest BCUT2D eigenvalue weighted by molar-refractivity contribution is 0.0571. The Balaban J connectivity index is 1.63. The van der Waals surface area contributed by atoms with E-state index in [1.54, 1.807) is 11.3 Å². The van der Waals surface area contributed by atoms with Crippen LogP contribution < -0.4 is 5.32 Å². The van der Waals surface area contributed by atoms with Gasteiger partial charge in [0.05, 0.1) is 0 Å². The molecule has 0 aliphatic carbocycles. The Bertz CT molecular complexity index is 283. The molecule has 1 aromatic rings. The molecule has 3 nitrogen and oxygen atoms in total. The Hall–Kier alpha value is -0.450. The summed E-state index contributed by atoms with van der Waals surface area (Å²) in [6.45, 7) is 4.08. The van der Waals surface area contributed by atoms with E-state index < -0.39 is 0 Å². The molecule has 2 heterocycles. The van der Waals surface area contributed by atoms with Crippen LogP contribution in [0.2, 0.25) is 0 Å². The molecule has 1 saturated heterocycles. The molecule has 1 aliphatic rings. The fourth-order valence-corrected chi connectivity index (χ4v) is 2.71. The number of piperidine rings is 1. The van der Waals surface area contributed by atoms with Crippen LogP contribution in [0.3, 0.4) is 0 Å². The van der Waals surface area contributed by atoms with Crippen molar-refractivity contribution < 1.29 is 4.74 Å². The van der Waals surface area contributed by atoms with E-state index in [2.05, 4.69) is 17.2 Å². The fourth-order valence-electron chi connectivity index (χ4n) is 2.06. The molecule has 0 bridgehead atoms. The molecule has 0 spiro atoms. The first kappa shape index (κ1) is 12.0. The lowest BCUT2D eigenvalue weighted by atomic mass is 10.0. The third-order valence-electron chi connectivity index (χ3n) is 3.05. The molecule has 0 aromatic carbocycles. The summed E-state index contributed by atoms with van der Waals surface area (Å²) in [4.78, 5) is 4.26. The Kier molecular flexibility index (Phi) is 4.75. The number of hydrogen-bond acceptors (Lipinski definition) is 4. The Morgan fingerprint density at radius 3 is 3.25 bits per heavy atom. The summed E-state index contributed by atoms with van der Waals surface area (Å²) in [6, 6.07) is 0.664. The van der Waals surface area contributed by atoms with Gasteiger partial charge in [0.1, 0.15) is 11.1 Å². The van der Waals surface area contributed by atoms with E-state index in [4.69, 9.17) is 4.74 Å². The SMILES string of the molecule is C[C@H](OCC[C@@H]1CCCCN1)c1nccs1. The van der Waals surface area contributed by atoms with Gasteiger partial charge in [0.15, 0.2) is 0 Å². The van der Waals surface area contributed by atoms with Crippen molar-refractivity contribution in [3.63, 3.8) is 0 Å². The van der Waals surface area contributed by atoms with Crippen molar-refractivity contribution in [2.45, 2.75) is 44.8 Å². The summed E-state index contributed by atoms with van der Waals surface area (Å²) in [5.41, 5.74) is 0. The lowest BCUT2D eigenvalue weighted by Gasteiger charge is -2.23. The van der Waals surface area contributed by atoms with Crippen molar-refractivity contribution in [1.82, 2.24) is 10.3 Å². The molecular formula is C12H20N2OS. The maximum absolute atomic E-state index is 5.80. The van der Waals surface area contributed by atoms with Gasteiger partial charge in [-0.3, -0.25) is 0 Å². The van der Waals surface area contributed by atoms with Crippen LogP contribution in [0, 0.1) is 0 Å². The summed E-state index contributed by atoms with van der Waals surface area (Å²) in [7, 11) is 0. The van der Waals surface area contributed by atoms with E-state index in [1.807, 2.05) is 11.6 Å². The molecule has 1 aliphatic heterocycles. The molecule has 0 saturated carbocycles. The zero-order valence-electron chi connectivity index (χ0n) is 9.82. The first-order chi connectivity index (χ1) is 7.86. The molecule has 16 heavy (non-hydrogen) atoms. The highest BCUT2D eigenvalue weighted by Crippen LogP contribution is 2.19. The highest BCUT2D eigenvalue weighted by Gasteiger charge is 2.13. The predicted octanol–water partition coefficient (Wildman–Crippen LogP) is 2.75. The zero-order chi connectivity index (χ0) is 11.2. The normalized spacial score (nSPS) is 23.2. The second kappa shape index (κ2) is 6.33. The summed E-state index contributed by atoms with van der Waals surface area (Å²) in [5, 5.41) is 6.61. The quantitative estimate of drug-likeness (QED) is 0.859. The van der Waals surface area contributed by atoms with Crippen LogP contribution in [0.25, 0.3) is 0 Å². The van der Waals surface area contributed by atoms with E-state index in [0.717, 1.165) is 18.0 Å². The number of nitrogens with zero attached hydrogens (tertiary/aromatic N) is 1. The third-order valence-corrected chi connectivity index (χ3v) is 3.98. The molecule has 0 unspecified atom stereocenters. The van der Waals surface area contributed by atoms with Gasteiger partial charge in [-0.2, -0.15) is 0 Å². The minimum Gasteiger partial charge on any atom is -0.371 e. The van der Waals surface area contributed by atoms with Gasteiger partial charge in [0.25, 0.3) is 0 Å². The van der Waals surface area contributed by atoms with Gasteiger partial charge in [-0.05, 0) is 32.7 Å². The smallest absolute Gasteiger partial charge is 0.121 e. The van der Waals surface area contributed by atoms with Crippen LogP contribution >= 0.6 is 11.3 Å². The van der Waals surface area contributed by atoms with Gasteiger partial charge in [0, 0.05) is 24.2 Å². The molecule has 2 rings (SSSR count). The summed E-state index contributed by atoms with van der Waals surface area (Å²) >= 11 is 1.67. The minimum atomic E-state index is 0.142. The van der Waals surface area contributed by atoms with E-state index in [0.29, 0.717) is 6.04 Å². The van der Waals surface area contributed by atoms with Crippen molar-refractivity contribution in [1.29, 1.82) is 0 Å². The Morgan fingerprint density at radius 2 is 2.56 bits per heavy atom. The number of hydrogen-bond donors (Lipinski definition) is 1. The maximum atomic E-state index is 5.80. The van der Waals surface area contributed by atoms with E-state index >= 15 is 0 Å². The monoisotopic (exact) mass is 240 g/mol. The van der Waals surface area contributed by atoms with Gasteiger partial charge >= 0.3 is 0 Å². The van der Waals surface area contributed by atoms with Crippen LogP contribution in [-0.4, -0.2) is 24.2 Å². The van der Waals surface area contributed by atoms with Crippen molar-refractivity contribution in [3.05, 3.63) is 16.6 Å². The highest BCUT2D eigenvalue weighted by atomic mass is 32.1. The Morgan fingerprint density at radius 1 is 1.62 bits per heavy atom. The fraction of sp³-hybridized carbons (Fsp3) is 0.750. The standard InChI is InChI=1S/C12H20N2OS/c1-10(12-14-7-9-16-12)15-8-5-11-4-2-3-6-13-11/h7,9-11,13H,2-6,8H2,1H3/t10-,11-/m0/s1. The molecule has 0 radical (unpaired) electrons. The second-order valence-electron chi connectivity index (χ2n) is 4.32. The molecule has 1 N–H and O–H groups in total. The van der Waals surface area contributed by atoms with Crippen molar-refractivity contribution in [2.24, 2.45) is 0 Å². The van der Waals surface area contributed by atoms with Crippen LogP contribution in [0.5, 0.6) is 0 Å². The van der Waals surface area contributed by atoms with Crippen molar-refractivity contribution in [2.75, 3.05) is 13.2 Å². The molecule has 4 heteroatoms. The molecule has 0 amide bonds. The zero-order valence-corrected chi connectivity index (χ0v) is 10.6. The number of rotatable bonds is 5.